The number of nitrogens with one attached hydrogen (secondary N) is 2. The number of carbonyl (C=O) groups excluding carboxylic acids is 1. The number of nitrogens with zero attached hydrogens (tertiary/aromatic N) is 5. The molecule has 5 rings (SSSR count). The highest BCUT2D eigenvalue weighted by Gasteiger charge is 2.21. The molecule has 0 aliphatic carbocycles. The first kappa shape index (κ1) is 25.1. The number of likely N-dealkylation sites (N-methyl/N-ethyl adjacent to an activating group) is 1. The minimum atomic E-state index is -0.369. The van der Waals surface area contributed by atoms with Crippen molar-refractivity contribution < 1.29 is 14.3 Å². The molecule has 2 N–H and O–H groups in total. The molecule has 4 heterocycles. The van der Waals surface area contributed by atoms with E-state index in [2.05, 4.69) is 42.3 Å². The third-order valence-electron chi connectivity index (χ3n) is 6.33. The summed E-state index contributed by atoms with van der Waals surface area (Å²) in [5, 5.41) is 11.1. The Morgan fingerprint density at radius 2 is 1.73 bits per heavy atom. The zero-order chi connectivity index (χ0) is 26.1. The van der Waals surface area contributed by atoms with E-state index in [9.17, 15) is 4.79 Å². The lowest BCUT2D eigenvalue weighted by Crippen LogP contribution is -2.44. The standard InChI is InChI=1S/C25H25Cl2N7O3/c1-33-8-10-34(11-9-33)14-4-6-17(28-13-14)25(35)30-24-15-5-7-16(29-23(15)31-32-24)20-21(26)18(36-2)12-19(37-3)22(20)27/h4-7,12-13H,8-11H2,1-3H3,(H2,29,30,31,32,35). The fourth-order valence-electron chi connectivity index (χ4n) is 4.19. The fraction of sp³-hybridized carbons (Fsp3) is 0.280. The number of fused-ring (bicyclic) bond motifs is 1. The first-order valence-corrected chi connectivity index (χ1v) is 12.3. The minimum Gasteiger partial charge on any atom is -0.495 e. The lowest BCUT2D eigenvalue weighted by molar-refractivity contribution is 0.102. The van der Waals surface area contributed by atoms with Gasteiger partial charge < -0.3 is 24.6 Å². The second kappa shape index (κ2) is 10.4. The van der Waals surface area contributed by atoms with Gasteiger partial charge in [-0.3, -0.25) is 9.89 Å². The number of methoxy groups -OCH3 is 2. The number of aromatic amines is 1. The molecule has 12 heteroatoms. The number of halogens is 2. The van der Waals surface area contributed by atoms with Gasteiger partial charge in [0.05, 0.1) is 47.2 Å². The summed E-state index contributed by atoms with van der Waals surface area (Å²) in [4.78, 5) is 26.4. The molecule has 1 saturated heterocycles. The summed E-state index contributed by atoms with van der Waals surface area (Å²) in [6.07, 6.45) is 1.73. The van der Waals surface area contributed by atoms with Gasteiger partial charge in [0, 0.05) is 37.8 Å². The number of H-pyrrole nitrogens is 1. The van der Waals surface area contributed by atoms with Crippen LogP contribution in [0, 0.1) is 0 Å². The smallest absolute Gasteiger partial charge is 0.275 e. The molecule has 1 fully saturated rings. The Morgan fingerprint density at radius 3 is 2.35 bits per heavy atom. The summed E-state index contributed by atoms with van der Waals surface area (Å²) in [5.74, 6) is 0.780. The largest absolute Gasteiger partial charge is 0.495 e. The van der Waals surface area contributed by atoms with E-state index in [0.717, 1.165) is 31.9 Å². The molecule has 192 valence electrons. The van der Waals surface area contributed by atoms with Gasteiger partial charge in [0.2, 0.25) is 0 Å². The maximum atomic E-state index is 12.9. The summed E-state index contributed by atoms with van der Waals surface area (Å²) < 4.78 is 10.7. The Bertz CT molecular complexity index is 1420. The Kier molecular flexibility index (Phi) is 7.05. The third kappa shape index (κ3) is 4.87. The quantitative estimate of drug-likeness (QED) is 0.371. The number of aromatic nitrogens is 4. The molecule has 10 nitrogen and oxygen atoms in total. The Balaban J connectivity index is 1.37. The maximum Gasteiger partial charge on any atom is 0.275 e. The number of carbonyl (C=O) groups is 1. The van der Waals surface area contributed by atoms with Crippen LogP contribution in [-0.4, -0.2) is 78.4 Å². The van der Waals surface area contributed by atoms with Crippen molar-refractivity contribution in [2.45, 2.75) is 0 Å². The van der Waals surface area contributed by atoms with Gasteiger partial charge in [-0.05, 0) is 31.3 Å². The average Bonchev–Trinajstić information content (AvgIpc) is 3.31. The number of anilines is 2. The lowest BCUT2D eigenvalue weighted by Gasteiger charge is -2.33. The van der Waals surface area contributed by atoms with Gasteiger partial charge in [0.25, 0.3) is 5.91 Å². The molecule has 1 aliphatic rings. The number of amides is 1. The Morgan fingerprint density at radius 1 is 1.03 bits per heavy atom. The van der Waals surface area contributed by atoms with Gasteiger partial charge in [-0.2, -0.15) is 5.10 Å². The van der Waals surface area contributed by atoms with Crippen LogP contribution in [0.5, 0.6) is 11.5 Å². The molecular weight excluding hydrogens is 517 g/mol. The molecule has 0 saturated carbocycles. The second-order valence-electron chi connectivity index (χ2n) is 8.60. The van der Waals surface area contributed by atoms with Crippen LogP contribution in [0.2, 0.25) is 10.0 Å². The molecule has 0 bridgehead atoms. The molecule has 0 spiro atoms. The van der Waals surface area contributed by atoms with Gasteiger partial charge in [-0.25, -0.2) is 9.97 Å². The Labute approximate surface area is 223 Å². The second-order valence-corrected chi connectivity index (χ2v) is 9.35. The molecular formula is C25H25Cl2N7O3. The van der Waals surface area contributed by atoms with Crippen molar-refractivity contribution in [2.24, 2.45) is 0 Å². The van der Waals surface area contributed by atoms with Crippen LogP contribution in [0.3, 0.4) is 0 Å². The van der Waals surface area contributed by atoms with Crippen molar-refractivity contribution in [3.05, 3.63) is 52.3 Å². The van der Waals surface area contributed by atoms with Crippen molar-refractivity contribution in [1.82, 2.24) is 25.1 Å². The van der Waals surface area contributed by atoms with E-state index in [1.807, 2.05) is 6.07 Å². The van der Waals surface area contributed by atoms with E-state index < -0.39 is 0 Å². The van der Waals surface area contributed by atoms with Crippen LogP contribution in [-0.2, 0) is 0 Å². The molecule has 1 aromatic carbocycles. The number of benzene rings is 1. The molecule has 1 aliphatic heterocycles. The van der Waals surface area contributed by atoms with Crippen molar-refractivity contribution in [2.75, 3.05) is 57.7 Å². The van der Waals surface area contributed by atoms with Gasteiger partial charge in [-0.15, -0.1) is 0 Å². The predicted octanol–water partition coefficient (Wildman–Crippen LogP) is 4.35. The average molecular weight is 542 g/mol. The van der Waals surface area contributed by atoms with E-state index in [0.29, 0.717) is 55.3 Å². The van der Waals surface area contributed by atoms with Crippen LogP contribution in [0.1, 0.15) is 10.5 Å². The minimum absolute atomic E-state index is 0.292. The normalized spacial score (nSPS) is 14.1. The van der Waals surface area contributed by atoms with Crippen molar-refractivity contribution >= 4 is 51.6 Å². The van der Waals surface area contributed by atoms with Crippen LogP contribution >= 0.6 is 23.2 Å². The van der Waals surface area contributed by atoms with Crippen molar-refractivity contribution in [3.63, 3.8) is 0 Å². The molecule has 0 atom stereocenters. The lowest BCUT2D eigenvalue weighted by atomic mass is 10.1. The predicted molar refractivity (Wildman–Crippen MR) is 144 cm³/mol. The van der Waals surface area contributed by atoms with E-state index in [1.165, 1.54) is 14.2 Å². The highest BCUT2D eigenvalue weighted by Crippen LogP contribution is 2.45. The van der Waals surface area contributed by atoms with E-state index in [4.69, 9.17) is 32.7 Å². The van der Waals surface area contributed by atoms with Gasteiger partial charge in [-0.1, -0.05) is 23.2 Å². The molecule has 0 unspecified atom stereocenters. The first-order valence-electron chi connectivity index (χ1n) is 11.6. The summed E-state index contributed by atoms with van der Waals surface area (Å²) >= 11 is 13.1. The highest BCUT2D eigenvalue weighted by atomic mass is 35.5. The van der Waals surface area contributed by atoms with Gasteiger partial charge in [0.15, 0.2) is 11.5 Å². The van der Waals surface area contributed by atoms with E-state index in [1.54, 1.807) is 30.5 Å². The number of ether oxygens (including phenoxy) is 2. The summed E-state index contributed by atoms with van der Waals surface area (Å²) in [6.45, 7) is 3.84. The molecule has 3 aromatic heterocycles. The summed E-state index contributed by atoms with van der Waals surface area (Å²) in [6, 6.07) is 8.76. The highest BCUT2D eigenvalue weighted by molar-refractivity contribution is 6.41. The topological polar surface area (TPSA) is 109 Å². The van der Waals surface area contributed by atoms with Crippen LogP contribution < -0.4 is 19.7 Å². The van der Waals surface area contributed by atoms with E-state index in [-0.39, 0.29) is 5.91 Å². The third-order valence-corrected chi connectivity index (χ3v) is 7.09. The summed E-state index contributed by atoms with van der Waals surface area (Å²) in [7, 11) is 5.12. The van der Waals surface area contributed by atoms with Crippen molar-refractivity contribution in [3.8, 4) is 22.8 Å². The number of hydrogen-bond acceptors (Lipinski definition) is 8. The van der Waals surface area contributed by atoms with Crippen LogP contribution in [0.25, 0.3) is 22.3 Å². The molecule has 1 amide bonds. The number of rotatable bonds is 6. The summed E-state index contributed by atoms with van der Waals surface area (Å²) in [5.41, 5.74) is 2.69. The number of piperazine rings is 1. The molecule has 4 aromatic rings. The van der Waals surface area contributed by atoms with Gasteiger partial charge >= 0.3 is 0 Å². The van der Waals surface area contributed by atoms with Crippen molar-refractivity contribution in [1.29, 1.82) is 0 Å². The zero-order valence-corrected chi connectivity index (χ0v) is 22.0. The molecule has 37 heavy (non-hydrogen) atoms. The Hall–Kier alpha value is -3.60. The number of hydrogen-bond donors (Lipinski definition) is 2. The molecule has 0 radical (unpaired) electrons. The van der Waals surface area contributed by atoms with Crippen LogP contribution in [0.4, 0.5) is 11.5 Å². The monoisotopic (exact) mass is 541 g/mol. The van der Waals surface area contributed by atoms with E-state index >= 15 is 0 Å². The SMILES string of the molecule is COc1cc(OC)c(Cl)c(-c2ccc3c(NC(=O)c4ccc(N5CCN(C)CC5)cn4)n[nH]c3n2)c1Cl. The number of pyridine rings is 2. The van der Waals surface area contributed by atoms with Gasteiger partial charge in [0.1, 0.15) is 17.2 Å². The maximum absolute atomic E-state index is 12.9. The van der Waals surface area contributed by atoms with Crippen LogP contribution in [0.15, 0.2) is 36.5 Å². The zero-order valence-electron chi connectivity index (χ0n) is 20.5. The fourth-order valence-corrected chi connectivity index (χ4v) is 4.89. The first-order chi connectivity index (χ1) is 17.9.